The summed E-state index contributed by atoms with van der Waals surface area (Å²) in [6, 6.07) is 1.16. The normalized spacial score (nSPS) is 29.5. The van der Waals surface area contributed by atoms with Crippen LogP contribution in [-0.4, -0.2) is 66.3 Å². The molecule has 1 aliphatic carbocycles. The molecular formula is C21H39N3O2. The Balaban J connectivity index is 1.43. The topological polar surface area (TPSA) is 44.8 Å². The van der Waals surface area contributed by atoms with Gasteiger partial charge in [0.25, 0.3) is 0 Å². The van der Waals surface area contributed by atoms with Crippen molar-refractivity contribution < 1.29 is 9.53 Å². The van der Waals surface area contributed by atoms with Gasteiger partial charge < -0.3 is 19.9 Å². The van der Waals surface area contributed by atoms with Crippen LogP contribution in [0.3, 0.4) is 0 Å². The lowest BCUT2D eigenvalue weighted by Crippen LogP contribution is -2.48. The first-order valence-corrected chi connectivity index (χ1v) is 10.8. The fraction of sp³-hybridized carbons (Fsp3) is 0.952. The number of carbonyl (C=O) groups excluding carboxylic acids is 1. The van der Waals surface area contributed by atoms with Crippen LogP contribution in [0.25, 0.3) is 0 Å². The molecule has 1 N–H and O–H groups in total. The number of amides is 1. The summed E-state index contributed by atoms with van der Waals surface area (Å²) < 4.78 is 5.56. The second kappa shape index (κ2) is 8.47. The summed E-state index contributed by atoms with van der Waals surface area (Å²) in [4.78, 5) is 16.9. The molecule has 0 aromatic heterocycles. The van der Waals surface area contributed by atoms with Crippen LogP contribution in [0, 0.1) is 11.8 Å². The van der Waals surface area contributed by atoms with Gasteiger partial charge in [0.15, 0.2) is 0 Å². The van der Waals surface area contributed by atoms with Crippen LogP contribution in [0.5, 0.6) is 0 Å². The third kappa shape index (κ3) is 6.12. The van der Waals surface area contributed by atoms with E-state index in [-0.39, 0.29) is 6.09 Å². The number of likely N-dealkylation sites (tertiary alicyclic amines) is 2. The molecule has 0 unspecified atom stereocenters. The quantitative estimate of drug-likeness (QED) is 0.828. The third-order valence-electron chi connectivity index (χ3n) is 6.15. The van der Waals surface area contributed by atoms with Crippen molar-refractivity contribution in [3.63, 3.8) is 0 Å². The van der Waals surface area contributed by atoms with Crippen LogP contribution in [0.2, 0.25) is 0 Å². The monoisotopic (exact) mass is 365 g/mol. The first-order valence-electron chi connectivity index (χ1n) is 10.8. The maximum Gasteiger partial charge on any atom is 0.410 e. The van der Waals surface area contributed by atoms with E-state index in [0.717, 1.165) is 31.8 Å². The Morgan fingerprint density at radius 2 is 1.65 bits per heavy atom. The third-order valence-corrected chi connectivity index (χ3v) is 6.15. The molecule has 2 atom stereocenters. The number of piperidine rings is 1. The standard InChI is InChI=1S/C21H39N3O2/c1-16-7-13-24(20(25)26-21(2,3)4)14-10-19(16)22-18-8-11-23(12-9-18)15-17-5-6-17/h16-19,22H,5-15H2,1-4H3/t16-,19+/m1/s1. The second-order valence-corrected chi connectivity index (χ2v) is 9.81. The summed E-state index contributed by atoms with van der Waals surface area (Å²) >= 11 is 0. The smallest absolute Gasteiger partial charge is 0.410 e. The number of ether oxygens (including phenoxy) is 1. The predicted molar refractivity (Wildman–Crippen MR) is 105 cm³/mol. The summed E-state index contributed by atoms with van der Waals surface area (Å²) in [5.74, 6) is 1.60. The summed E-state index contributed by atoms with van der Waals surface area (Å²) in [6.07, 6.45) is 7.37. The minimum atomic E-state index is -0.416. The lowest BCUT2D eigenvalue weighted by molar-refractivity contribution is 0.0255. The van der Waals surface area contributed by atoms with Gasteiger partial charge in [-0.1, -0.05) is 6.92 Å². The molecule has 2 saturated heterocycles. The number of hydrogen-bond donors (Lipinski definition) is 1. The minimum absolute atomic E-state index is 0.154. The summed E-state index contributed by atoms with van der Waals surface area (Å²) in [7, 11) is 0. The Hall–Kier alpha value is -0.810. The van der Waals surface area contributed by atoms with E-state index in [4.69, 9.17) is 4.74 Å². The van der Waals surface area contributed by atoms with Gasteiger partial charge in [-0.25, -0.2) is 4.79 Å². The van der Waals surface area contributed by atoms with Crippen molar-refractivity contribution in [1.82, 2.24) is 15.1 Å². The van der Waals surface area contributed by atoms with Crippen LogP contribution < -0.4 is 5.32 Å². The highest BCUT2D eigenvalue weighted by atomic mass is 16.6. The average molecular weight is 366 g/mol. The van der Waals surface area contributed by atoms with Gasteiger partial charge in [-0.2, -0.15) is 0 Å². The Bertz CT molecular complexity index is 464. The number of nitrogens with one attached hydrogen (secondary N) is 1. The molecule has 3 rings (SSSR count). The second-order valence-electron chi connectivity index (χ2n) is 9.81. The van der Waals surface area contributed by atoms with Gasteiger partial charge in [-0.05, 0) is 84.2 Å². The maximum atomic E-state index is 12.4. The SMILES string of the molecule is C[C@@H]1CCN(C(=O)OC(C)(C)C)CC[C@@H]1NC1CCN(CC2CC2)CC1. The molecule has 3 fully saturated rings. The van der Waals surface area contributed by atoms with Crippen molar-refractivity contribution in [2.45, 2.75) is 83.9 Å². The predicted octanol–water partition coefficient (Wildman–Crippen LogP) is 3.49. The molecule has 26 heavy (non-hydrogen) atoms. The Morgan fingerprint density at radius 1 is 1.00 bits per heavy atom. The lowest BCUT2D eigenvalue weighted by atomic mass is 9.94. The Morgan fingerprint density at radius 3 is 2.27 bits per heavy atom. The number of hydrogen-bond acceptors (Lipinski definition) is 4. The first kappa shape index (κ1) is 19.9. The van der Waals surface area contributed by atoms with Crippen molar-refractivity contribution in [3.05, 3.63) is 0 Å². The van der Waals surface area contributed by atoms with Crippen LogP contribution in [0.1, 0.15) is 66.2 Å². The molecule has 0 spiro atoms. The molecular weight excluding hydrogens is 326 g/mol. The van der Waals surface area contributed by atoms with Crippen LogP contribution in [0.4, 0.5) is 4.79 Å². The number of rotatable bonds is 4. The first-order chi connectivity index (χ1) is 12.3. The van der Waals surface area contributed by atoms with Crippen molar-refractivity contribution in [2.75, 3.05) is 32.7 Å². The zero-order chi connectivity index (χ0) is 18.7. The molecule has 5 heteroatoms. The van der Waals surface area contributed by atoms with Crippen LogP contribution in [0.15, 0.2) is 0 Å². The molecule has 5 nitrogen and oxygen atoms in total. The van der Waals surface area contributed by atoms with Gasteiger partial charge in [0.2, 0.25) is 0 Å². The molecule has 0 aromatic rings. The van der Waals surface area contributed by atoms with E-state index in [2.05, 4.69) is 17.1 Å². The Labute approximate surface area is 159 Å². The van der Waals surface area contributed by atoms with Gasteiger partial charge in [0, 0.05) is 31.7 Å². The zero-order valence-electron chi connectivity index (χ0n) is 17.3. The molecule has 0 radical (unpaired) electrons. The molecule has 1 saturated carbocycles. The van der Waals surface area contributed by atoms with Crippen molar-refractivity contribution >= 4 is 6.09 Å². The minimum Gasteiger partial charge on any atom is -0.444 e. The molecule has 2 heterocycles. The van der Waals surface area contributed by atoms with Gasteiger partial charge in [-0.15, -0.1) is 0 Å². The van der Waals surface area contributed by atoms with E-state index < -0.39 is 5.60 Å². The fourth-order valence-electron chi connectivity index (χ4n) is 4.26. The average Bonchev–Trinajstić information content (AvgIpc) is 3.38. The van der Waals surface area contributed by atoms with Crippen LogP contribution in [-0.2, 0) is 4.74 Å². The van der Waals surface area contributed by atoms with E-state index in [1.165, 1.54) is 45.3 Å². The molecule has 1 amide bonds. The van der Waals surface area contributed by atoms with E-state index >= 15 is 0 Å². The highest BCUT2D eigenvalue weighted by Gasteiger charge is 2.31. The fourth-order valence-corrected chi connectivity index (χ4v) is 4.26. The summed E-state index contributed by atoms with van der Waals surface area (Å²) in [5.41, 5.74) is -0.416. The Kier molecular flexibility index (Phi) is 6.50. The number of carbonyl (C=O) groups is 1. The van der Waals surface area contributed by atoms with Crippen molar-refractivity contribution in [3.8, 4) is 0 Å². The van der Waals surface area contributed by atoms with Gasteiger partial charge in [0.05, 0.1) is 0 Å². The van der Waals surface area contributed by atoms with Crippen molar-refractivity contribution in [2.24, 2.45) is 11.8 Å². The lowest BCUT2D eigenvalue weighted by Gasteiger charge is -2.35. The van der Waals surface area contributed by atoms with Gasteiger partial charge >= 0.3 is 6.09 Å². The van der Waals surface area contributed by atoms with E-state index in [1.54, 1.807) is 0 Å². The molecule has 0 aromatic carbocycles. The van der Waals surface area contributed by atoms with Crippen molar-refractivity contribution in [1.29, 1.82) is 0 Å². The van der Waals surface area contributed by atoms with E-state index in [1.807, 2.05) is 25.7 Å². The largest absolute Gasteiger partial charge is 0.444 e. The van der Waals surface area contributed by atoms with E-state index in [0.29, 0.717) is 18.0 Å². The van der Waals surface area contributed by atoms with Crippen LogP contribution >= 0.6 is 0 Å². The van der Waals surface area contributed by atoms with Gasteiger partial charge in [0.1, 0.15) is 5.60 Å². The highest BCUT2D eigenvalue weighted by Crippen LogP contribution is 2.30. The number of nitrogens with zero attached hydrogens (tertiary/aromatic N) is 2. The molecule has 3 aliphatic rings. The van der Waals surface area contributed by atoms with Gasteiger partial charge in [-0.3, -0.25) is 0 Å². The zero-order valence-corrected chi connectivity index (χ0v) is 17.3. The van der Waals surface area contributed by atoms with E-state index in [9.17, 15) is 4.79 Å². The molecule has 2 aliphatic heterocycles. The maximum absolute atomic E-state index is 12.4. The molecule has 150 valence electrons. The summed E-state index contributed by atoms with van der Waals surface area (Å²) in [5, 5.41) is 3.94. The molecule has 0 bridgehead atoms. The highest BCUT2D eigenvalue weighted by molar-refractivity contribution is 5.68. The summed E-state index contributed by atoms with van der Waals surface area (Å²) in [6.45, 7) is 13.6.